The van der Waals surface area contributed by atoms with Crippen LogP contribution in [0.4, 0.5) is 10.3 Å². The van der Waals surface area contributed by atoms with Crippen LogP contribution in [0.25, 0.3) is 27.2 Å². The van der Waals surface area contributed by atoms with E-state index in [4.69, 9.17) is 63.3 Å². The number of H-pyrrole nitrogens is 1. The Kier molecular flexibility index (Phi) is 11.3. The van der Waals surface area contributed by atoms with Gasteiger partial charge < -0.3 is 42.9 Å². The average Bonchev–Trinajstić information content (AvgIpc) is 3.76. The number of ether oxygens (including phenoxy) is 1. The van der Waals surface area contributed by atoms with Gasteiger partial charge in [0.05, 0.1) is 25.1 Å². The number of nitrogens with two attached hydrogens (primary N) is 1. The predicted octanol–water partition coefficient (Wildman–Crippen LogP) is 1.82. The zero-order chi connectivity index (χ0) is 37.4. The number of hydrogen-bond acceptors (Lipinski definition) is 15. The van der Waals surface area contributed by atoms with Gasteiger partial charge in [0.2, 0.25) is 24.3 Å². The van der Waals surface area contributed by atoms with Gasteiger partial charge in [-0.2, -0.15) is 4.98 Å². The lowest BCUT2D eigenvalue weighted by atomic mass is 10.1. The molecule has 5 N–H and O–H groups in total. The number of pyridine rings is 1. The molecule has 2 aliphatic rings. The molecule has 278 valence electrons. The summed E-state index contributed by atoms with van der Waals surface area (Å²) >= 11 is 10.9. The first kappa shape index (κ1) is 38.1. The van der Waals surface area contributed by atoms with Crippen LogP contribution >= 0.6 is 13.4 Å². The van der Waals surface area contributed by atoms with Gasteiger partial charge in [-0.15, -0.1) is 0 Å². The molecule has 2 aliphatic heterocycles. The summed E-state index contributed by atoms with van der Waals surface area (Å²) in [6.45, 7) is 1.06. The number of nitrogens with zero attached hydrogens (tertiary/aromatic N) is 7. The number of halogens is 1. The quantitative estimate of drug-likeness (QED) is 0.118. The number of nitrogens with one attached hydrogen (secondary N) is 2. The van der Waals surface area contributed by atoms with E-state index in [1.54, 1.807) is 18.4 Å². The van der Waals surface area contributed by atoms with E-state index >= 15 is 4.39 Å². The van der Waals surface area contributed by atoms with Gasteiger partial charge in [-0.1, -0.05) is 13.8 Å². The number of carbonyl (C=O) groups excluding carboxylic acids is 2. The summed E-state index contributed by atoms with van der Waals surface area (Å²) in [5.74, 6) is -1.66. The fraction of sp³-hybridized carbons (Fsp3) is 0.481. The van der Waals surface area contributed by atoms with Gasteiger partial charge >= 0.3 is 13.4 Å². The van der Waals surface area contributed by atoms with Crippen molar-refractivity contribution in [1.82, 2.24) is 34.1 Å². The lowest BCUT2D eigenvalue weighted by molar-refractivity contribution is -0.118. The lowest BCUT2D eigenvalue weighted by Gasteiger charge is -2.25. The van der Waals surface area contributed by atoms with Crippen molar-refractivity contribution in [2.45, 2.75) is 51.6 Å². The molecule has 6 rings (SSSR count). The highest BCUT2D eigenvalue weighted by atomic mass is 32.5. The molecule has 0 spiro atoms. The molecule has 52 heavy (non-hydrogen) atoms. The summed E-state index contributed by atoms with van der Waals surface area (Å²) in [4.78, 5) is 71.2. The molecule has 0 aliphatic carbocycles. The van der Waals surface area contributed by atoms with Crippen LogP contribution in [0.1, 0.15) is 36.3 Å². The zero-order valence-corrected chi connectivity index (χ0v) is 30.7. The van der Waals surface area contributed by atoms with Crippen LogP contribution in [0.15, 0.2) is 23.4 Å². The van der Waals surface area contributed by atoms with Crippen LogP contribution in [0.2, 0.25) is 0 Å². The predicted molar refractivity (Wildman–Crippen MR) is 186 cm³/mol. The zero-order valence-electron chi connectivity index (χ0n) is 27.3. The average molecular weight is 801 g/mol. The summed E-state index contributed by atoms with van der Waals surface area (Å²) in [5.41, 5.74) is 5.04. The molecule has 2 bridgehead atoms. The fourth-order valence-corrected chi connectivity index (χ4v) is 8.30. The number of rotatable bonds is 7. The molecule has 6 heterocycles. The molecule has 20 nitrogen and oxygen atoms in total. The van der Waals surface area contributed by atoms with Crippen LogP contribution in [0, 0.1) is 12.5 Å². The van der Waals surface area contributed by atoms with Gasteiger partial charge in [0.25, 0.3) is 5.56 Å². The number of aromatic nitrogens is 7. The van der Waals surface area contributed by atoms with E-state index in [0.29, 0.717) is 5.65 Å². The molecule has 25 heteroatoms. The number of hydrogen-bond donors (Lipinski definition) is 4. The molecule has 0 radical (unpaired) electrons. The fourth-order valence-electron chi connectivity index (χ4n) is 5.18. The molecule has 2 unspecified atom stereocenters. The van der Waals surface area contributed by atoms with Crippen molar-refractivity contribution < 1.29 is 46.2 Å². The second-order valence-corrected chi connectivity index (χ2v) is 17.4. The Morgan fingerprint density at radius 1 is 1.27 bits per heavy atom. The summed E-state index contributed by atoms with van der Waals surface area (Å²) < 4.78 is 54.1. The maximum atomic E-state index is 16.4. The van der Waals surface area contributed by atoms with Gasteiger partial charge in [0.15, 0.2) is 29.2 Å². The Morgan fingerprint density at radius 2 is 2.06 bits per heavy atom. The highest BCUT2D eigenvalue weighted by molar-refractivity contribution is 8.07. The molecule has 0 saturated carbocycles. The third-order valence-electron chi connectivity index (χ3n) is 7.71. The second-order valence-electron chi connectivity index (χ2n) is 11.6. The minimum Gasteiger partial charge on any atom is -0.366 e. The molecule has 1 fully saturated rings. The number of alkyl halides is 1. The van der Waals surface area contributed by atoms with E-state index < -0.39 is 74.6 Å². The number of anilines is 1. The summed E-state index contributed by atoms with van der Waals surface area (Å²) in [6.07, 6.45) is -4.28. The second kappa shape index (κ2) is 15.4. The Morgan fingerprint density at radius 3 is 2.79 bits per heavy atom. The van der Waals surface area contributed by atoms with Crippen LogP contribution in [-0.4, -0.2) is 95.5 Å². The van der Waals surface area contributed by atoms with E-state index in [2.05, 4.69) is 35.1 Å². The molecule has 0 aromatic carbocycles. The molecule has 4 aromatic heterocycles. The molecule has 1 saturated heterocycles. The van der Waals surface area contributed by atoms with E-state index in [0.717, 1.165) is 6.33 Å². The van der Waals surface area contributed by atoms with Gasteiger partial charge in [0.1, 0.15) is 36.8 Å². The number of carbonyl (C=O) groups is 2. The first-order valence-corrected chi connectivity index (χ1v) is 20.6. The van der Waals surface area contributed by atoms with E-state index in [1.165, 1.54) is 16.8 Å². The van der Waals surface area contributed by atoms with Gasteiger partial charge in [-0.3, -0.25) is 33.8 Å². The van der Waals surface area contributed by atoms with Crippen LogP contribution in [0.3, 0.4) is 0 Å². The van der Waals surface area contributed by atoms with Crippen LogP contribution in [0.5, 0.6) is 0 Å². The van der Waals surface area contributed by atoms with Crippen molar-refractivity contribution in [3.8, 4) is 0 Å². The Labute approximate surface area is 303 Å². The maximum Gasteiger partial charge on any atom is 0.327 e. The number of primary amides is 1. The SMILES string of the molecule is [C-]#[N+]CCOP1(=S)OCCn2c(nc3cc(C(N)=O)cnc32)COP(O)(=S)O[C@@H]2[C@H](F)[C@@H](CO1)O[C@H]2n1cnc2c(=O)[nH]c(NC(=O)C(C)C)nc21. The van der Waals surface area contributed by atoms with E-state index in [1.807, 2.05) is 0 Å². The third kappa shape index (κ3) is 8.12. The largest absolute Gasteiger partial charge is 0.366 e. The third-order valence-corrected chi connectivity index (χ3v) is 11.7. The minimum atomic E-state index is -4.33. The lowest BCUT2D eigenvalue weighted by Crippen LogP contribution is -2.32. The van der Waals surface area contributed by atoms with Gasteiger partial charge in [0, 0.05) is 18.7 Å². The Hall–Kier alpha value is -3.65. The van der Waals surface area contributed by atoms with Crippen molar-refractivity contribution in [1.29, 1.82) is 0 Å². The summed E-state index contributed by atoms with van der Waals surface area (Å²) in [6, 6.07) is 1.42. The summed E-state index contributed by atoms with van der Waals surface area (Å²) in [5, 5.41) is 2.50. The molecular formula is C27H31FN10O10P2S2. The summed E-state index contributed by atoms with van der Waals surface area (Å²) in [7, 11) is 0. The smallest absolute Gasteiger partial charge is 0.327 e. The maximum absolute atomic E-state index is 16.4. The van der Waals surface area contributed by atoms with Crippen molar-refractivity contribution in [2.24, 2.45) is 11.7 Å². The number of amides is 2. The minimum absolute atomic E-state index is 0.0387. The standard InChI is InChI=1S/C27H31FN10O10P2S2/c1-13(2)24(40)35-27-34-23-19(25(41)36-27)32-12-38(23)26-20-18(28)16(47-26)10-46-50(52,43-6-4-30-3)44-7-5-37-17(11-45-49(42,51)48-20)33-15-8-14(21(29)39)9-31-22(15)37/h8-9,12-13,16,18,20,26H,4-7,10-11H2,1-2H3,(H2,29,39)(H,42,51)(H2,34,35,36,40,41)/t16-,18-,20-,26-,49?,50?/m1/s1. The molecule has 6 atom stereocenters. The van der Waals surface area contributed by atoms with Crippen molar-refractivity contribution >= 4 is 77.1 Å². The number of aromatic amines is 1. The van der Waals surface area contributed by atoms with Crippen LogP contribution < -0.4 is 16.6 Å². The molecule has 2 amide bonds. The van der Waals surface area contributed by atoms with Crippen molar-refractivity contribution in [3.63, 3.8) is 0 Å². The van der Waals surface area contributed by atoms with E-state index in [-0.39, 0.29) is 60.3 Å². The van der Waals surface area contributed by atoms with Gasteiger partial charge in [-0.25, -0.2) is 25.9 Å². The Bertz CT molecular complexity index is 2230. The van der Waals surface area contributed by atoms with Crippen molar-refractivity contribution in [2.75, 3.05) is 31.7 Å². The van der Waals surface area contributed by atoms with E-state index in [9.17, 15) is 19.3 Å². The van der Waals surface area contributed by atoms with Gasteiger partial charge in [-0.05, 0) is 29.7 Å². The van der Waals surface area contributed by atoms with Crippen molar-refractivity contribution in [3.05, 3.63) is 51.7 Å². The Balaban J connectivity index is 1.39. The number of fused-ring (bicyclic) bond motifs is 6. The first-order chi connectivity index (χ1) is 24.7. The number of imidazole rings is 2. The highest BCUT2D eigenvalue weighted by Crippen LogP contribution is 2.53. The molecule has 4 aromatic rings. The van der Waals surface area contributed by atoms with Crippen LogP contribution in [-0.2, 0) is 68.9 Å². The normalized spacial score (nSPS) is 27.2. The highest BCUT2D eigenvalue weighted by Gasteiger charge is 2.50. The topological polar surface area (TPSA) is 246 Å². The molecular weight excluding hydrogens is 769 g/mol. The first-order valence-electron chi connectivity index (χ1n) is 15.4. The monoisotopic (exact) mass is 800 g/mol.